The van der Waals surface area contributed by atoms with Gasteiger partial charge in [-0.2, -0.15) is 0 Å². The summed E-state index contributed by atoms with van der Waals surface area (Å²) in [7, 11) is 2.00. The van der Waals surface area contributed by atoms with Crippen molar-refractivity contribution >= 4 is 15.8 Å². The molecule has 8 heteroatoms. The Bertz CT molecular complexity index is 486. The zero-order chi connectivity index (χ0) is 14.5. The number of hydrogen-bond acceptors (Lipinski definition) is 6. The SMILES string of the molecule is CN(C)CCCN(C)S(=O)(=O)c1ccc(NN)nc1. The van der Waals surface area contributed by atoms with Gasteiger partial charge in [-0.25, -0.2) is 23.5 Å². The van der Waals surface area contributed by atoms with Crippen LogP contribution in [0.15, 0.2) is 23.2 Å². The number of hydrogen-bond donors (Lipinski definition) is 2. The molecule has 0 aliphatic rings. The Hall–Kier alpha value is -1.22. The van der Waals surface area contributed by atoms with Gasteiger partial charge in [0.15, 0.2) is 0 Å². The molecule has 1 rings (SSSR count). The summed E-state index contributed by atoms with van der Waals surface area (Å²) in [5.41, 5.74) is 2.36. The Morgan fingerprint density at radius 1 is 1.26 bits per heavy atom. The van der Waals surface area contributed by atoms with Crippen molar-refractivity contribution in [2.24, 2.45) is 5.84 Å². The fourth-order valence-corrected chi connectivity index (χ4v) is 2.68. The van der Waals surface area contributed by atoms with E-state index < -0.39 is 10.0 Å². The first-order chi connectivity index (χ1) is 8.87. The molecule has 3 N–H and O–H groups in total. The number of aromatic nitrogens is 1. The van der Waals surface area contributed by atoms with E-state index in [0.29, 0.717) is 12.4 Å². The topological polar surface area (TPSA) is 91.6 Å². The third-order valence-corrected chi connectivity index (χ3v) is 4.51. The maximum atomic E-state index is 12.2. The highest BCUT2D eigenvalue weighted by Gasteiger charge is 2.20. The average molecular weight is 287 g/mol. The van der Waals surface area contributed by atoms with Crippen LogP contribution in [0.2, 0.25) is 0 Å². The molecule has 108 valence electrons. The second-order valence-electron chi connectivity index (χ2n) is 4.51. The lowest BCUT2D eigenvalue weighted by atomic mass is 10.4. The molecule has 0 spiro atoms. The average Bonchev–Trinajstić information content (AvgIpc) is 2.38. The summed E-state index contributed by atoms with van der Waals surface area (Å²) >= 11 is 0. The Morgan fingerprint density at radius 2 is 1.95 bits per heavy atom. The molecule has 0 fully saturated rings. The summed E-state index contributed by atoms with van der Waals surface area (Å²) in [6, 6.07) is 3.01. The van der Waals surface area contributed by atoms with E-state index in [-0.39, 0.29) is 4.90 Å². The predicted octanol–water partition coefficient (Wildman–Crippen LogP) is -0.0606. The summed E-state index contributed by atoms with van der Waals surface area (Å²) in [6.45, 7) is 1.31. The molecule has 0 aromatic carbocycles. The highest BCUT2D eigenvalue weighted by molar-refractivity contribution is 7.89. The van der Waals surface area contributed by atoms with E-state index in [1.807, 2.05) is 19.0 Å². The van der Waals surface area contributed by atoms with Crippen molar-refractivity contribution in [3.63, 3.8) is 0 Å². The van der Waals surface area contributed by atoms with Gasteiger partial charge in [-0.1, -0.05) is 0 Å². The lowest BCUT2D eigenvalue weighted by molar-refractivity contribution is 0.370. The van der Waals surface area contributed by atoms with Crippen LogP contribution in [-0.2, 0) is 10.0 Å². The highest BCUT2D eigenvalue weighted by atomic mass is 32.2. The normalized spacial score (nSPS) is 12.1. The highest BCUT2D eigenvalue weighted by Crippen LogP contribution is 2.14. The van der Waals surface area contributed by atoms with Crippen LogP contribution in [0.4, 0.5) is 5.82 Å². The summed E-state index contributed by atoms with van der Waals surface area (Å²) in [5.74, 6) is 5.61. The summed E-state index contributed by atoms with van der Waals surface area (Å²) in [4.78, 5) is 6.09. The quantitative estimate of drug-likeness (QED) is 0.539. The van der Waals surface area contributed by atoms with Crippen molar-refractivity contribution in [1.82, 2.24) is 14.2 Å². The lowest BCUT2D eigenvalue weighted by Gasteiger charge is -2.18. The Balaban J connectivity index is 2.72. The van der Waals surface area contributed by atoms with Gasteiger partial charge in [0.05, 0.1) is 0 Å². The number of nitrogens with two attached hydrogens (primary N) is 1. The van der Waals surface area contributed by atoms with Crippen molar-refractivity contribution in [2.75, 3.05) is 39.7 Å². The zero-order valence-electron chi connectivity index (χ0n) is 11.5. The van der Waals surface area contributed by atoms with Crippen molar-refractivity contribution < 1.29 is 8.42 Å². The fourth-order valence-electron chi connectivity index (χ4n) is 1.53. The number of rotatable bonds is 7. The second-order valence-corrected chi connectivity index (χ2v) is 6.55. The number of nitrogen functional groups attached to an aromatic ring is 1. The number of nitrogens with one attached hydrogen (secondary N) is 1. The van der Waals surface area contributed by atoms with E-state index in [9.17, 15) is 8.42 Å². The second kappa shape index (κ2) is 6.80. The maximum absolute atomic E-state index is 12.2. The van der Waals surface area contributed by atoms with E-state index in [4.69, 9.17) is 5.84 Å². The van der Waals surface area contributed by atoms with Crippen LogP contribution in [0, 0.1) is 0 Å². The van der Waals surface area contributed by atoms with Gasteiger partial charge in [0, 0.05) is 19.8 Å². The largest absolute Gasteiger partial charge is 0.309 e. The van der Waals surface area contributed by atoms with E-state index >= 15 is 0 Å². The van der Waals surface area contributed by atoms with Gasteiger partial charge >= 0.3 is 0 Å². The van der Waals surface area contributed by atoms with Gasteiger partial charge in [0.25, 0.3) is 0 Å². The van der Waals surface area contributed by atoms with Crippen LogP contribution in [0.25, 0.3) is 0 Å². The molecular weight excluding hydrogens is 266 g/mol. The van der Waals surface area contributed by atoms with Crippen LogP contribution in [-0.4, -0.2) is 56.8 Å². The molecule has 1 heterocycles. The van der Waals surface area contributed by atoms with Crippen molar-refractivity contribution in [3.05, 3.63) is 18.3 Å². The van der Waals surface area contributed by atoms with Gasteiger partial charge in [-0.3, -0.25) is 0 Å². The van der Waals surface area contributed by atoms with Crippen molar-refractivity contribution in [3.8, 4) is 0 Å². The number of nitrogens with zero attached hydrogens (tertiary/aromatic N) is 3. The molecule has 19 heavy (non-hydrogen) atoms. The Morgan fingerprint density at radius 3 is 2.42 bits per heavy atom. The van der Waals surface area contributed by atoms with Crippen molar-refractivity contribution in [2.45, 2.75) is 11.3 Å². The fraction of sp³-hybridized carbons (Fsp3) is 0.545. The minimum Gasteiger partial charge on any atom is -0.309 e. The maximum Gasteiger partial charge on any atom is 0.244 e. The summed E-state index contributed by atoms with van der Waals surface area (Å²) in [5, 5.41) is 0. The van der Waals surface area contributed by atoms with Crippen LogP contribution < -0.4 is 11.3 Å². The smallest absolute Gasteiger partial charge is 0.244 e. The molecule has 0 atom stereocenters. The minimum atomic E-state index is -3.48. The number of pyridine rings is 1. The standard InChI is InChI=1S/C11H21N5O2S/c1-15(2)7-4-8-16(3)19(17,18)10-5-6-11(14-12)13-9-10/h5-6,9H,4,7-8,12H2,1-3H3,(H,13,14). The van der Waals surface area contributed by atoms with E-state index in [0.717, 1.165) is 13.0 Å². The molecule has 0 radical (unpaired) electrons. The molecule has 0 aliphatic carbocycles. The molecule has 0 amide bonds. The molecule has 1 aromatic rings. The van der Waals surface area contributed by atoms with E-state index in [1.165, 1.54) is 22.6 Å². The van der Waals surface area contributed by atoms with Crippen LogP contribution >= 0.6 is 0 Å². The molecule has 0 saturated heterocycles. The molecule has 0 unspecified atom stereocenters. The monoisotopic (exact) mass is 287 g/mol. The third-order valence-electron chi connectivity index (χ3n) is 2.67. The number of sulfonamides is 1. The first-order valence-electron chi connectivity index (χ1n) is 5.91. The molecule has 7 nitrogen and oxygen atoms in total. The first kappa shape index (κ1) is 15.8. The first-order valence-corrected chi connectivity index (χ1v) is 7.35. The van der Waals surface area contributed by atoms with Crippen molar-refractivity contribution in [1.29, 1.82) is 0 Å². The van der Waals surface area contributed by atoms with E-state index in [1.54, 1.807) is 7.05 Å². The van der Waals surface area contributed by atoms with Gasteiger partial charge in [-0.05, 0) is 39.2 Å². The molecule has 0 saturated carbocycles. The molecular formula is C11H21N5O2S. The van der Waals surface area contributed by atoms with Crippen LogP contribution in [0.1, 0.15) is 6.42 Å². The summed E-state index contributed by atoms with van der Waals surface area (Å²) in [6.07, 6.45) is 2.07. The molecule has 0 bridgehead atoms. The summed E-state index contributed by atoms with van der Waals surface area (Å²) < 4.78 is 25.8. The zero-order valence-corrected chi connectivity index (χ0v) is 12.3. The Labute approximate surface area is 114 Å². The lowest BCUT2D eigenvalue weighted by Crippen LogP contribution is -2.30. The van der Waals surface area contributed by atoms with Gasteiger partial charge in [0.2, 0.25) is 10.0 Å². The Kier molecular flexibility index (Phi) is 5.67. The van der Waals surface area contributed by atoms with E-state index in [2.05, 4.69) is 10.4 Å². The minimum absolute atomic E-state index is 0.166. The molecule has 0 aliphatic heterocycles. The number of hydrazine groups is 1. The molecule has 1 aromatic heterocycles. The van der Waals surface area contributed by atoms with Gasteiger partial charge < -0.3 is 10.3 Å². The number of anilines is 1. The third kappa shape index (κ3) is 4.43. The van der Waals surface area contributed by atoms with Crippen LogP contribution in [0.5, 0.6) is 0 Å². The van der Waals surface area contributed by atoms with Gasteiger partial charge in [-0.15, -0.1) is 0 Å². The van der Waals surface area contributed by atoms with Crippen LogP contribution in [0.3, 0.4) is 0 Å². The van der Waals surface area contributed by atoms with Gasteiger partial charge in [0.1, 0.15) is 10.7 Å². The predicted molar refractivity (Wildman–Crippen MR) is 75.0 cm³/mol.